The van der Waals surface area contributed by atoms with Crippen LogP contribution in [0.5, 0.6) is 0 Å². The normalized spacial score (nSPS) is 10.9. The summed E-state index contributed by atoms with van der Waals surface area (Å²) in [6.45, 7) is 1.72. The van der Waals surface area contributed by atoms with E-state index in [9.17, 15) is 4.79 Å². The minimum Gasteiger partial charge on any atom is -0.267 e. The summed E-state index contributed by atoms with van der Waals surface area (Å²) in [6, 6.07) is 16.2. The average molecular weight is 287 g/mol. The van der Waals surface area contributed by atoms with Crippen LogP contribution in [0.3, 0.4) is 0 Å². The van der Waals surface area contributed by atoms with E-state index in [0.29, 0.717) is 11.3 Å². The predicted molar refractivity (Wildman–Crippen MR) is 87.2 cm³/mol. The monoisotopic (exact) mass is 287 g/mol. The third-order valence-corrected chi connectivity index (χ3v) is 3.58. The van der Waals surface area contributed by atoms with E-state index in [1.54, 1.807) is 13.0 Å². The van der Waals surface area contributed by atoms with Crippen LogP contribution in [-0.2, 0) is 0 Å². The lowest BCUT2D eigenvalue weighted by atomic mass is 10.1. The van der Waals surface area contributed by atoms with Gasteiger partial charge in [-0.05, 0) is 41.0 Å². The fourth-order valence-electron chi connectivity index (χ4n) is 2.33. The molecule has 2 aromatic carbocycles. The van der Waals surface area contributed by atoms with E-state index in [0.717, 1.165) is 10.9 Å². The van der Waals surface area contributed by atoms with E-state index < -0.39 is 5.56 Å². The Bertz CT molecular complexity index is 978. The van der Waals surface area contributed by atoms with Crippen LogP contribution in [0.25, 0.3) is 22.9 Å². The highest BCUT2D eigenvalue weighted by Gasteiger charge is 2.07. The summed E-state index contributed by atoms with van der Waals surface area (Å²) >= 11 is 0. The van der Waals surface area contributed by atoms with Crippen LogP contribution >= 0.6 is 0 Å². The summed E-state index contributed by atoms with van der Waals surface area (Å²) in [5.74, 6) is 0. The Hall–Kier alpha value is -3.19. The molecular weight excluding hydrogens is 274 g/mol. The van der Waals surface area contributed by atoms with Gasteiger partial charge < -0.3 is 0 Å². The van der Waals surface area contributed by atoms with Gasteiger partial charge in [0.15, 0.2) is 0 Å². The largest absolute Gasteiger partial charge is 0.282 e. The summed E-state index contributed by atoms with van der Waals surface area (Å²) in [5.41, 5.74) is 1.85. The zero-order valence-corrected chi connectivity index (χ0v) is 12.0. The molecule has 22 heavy (non-hydrogen) atoms. The number of fused-ring (bicyclic) bond motifs is 1. The van der Waals surface area contributed by atoms with Crippen LogP contribution in [0.15, 0.2) is 47.3 Å². The van der Waals surface area contributed by atoms with Gasteiger partial charge in [0.25, 0.3) is 5.56 Å². The lowest BCUT2D eigenvalue weighted by molar-refractivity contribution is 0.952. The van der Waals surface area contributed by atoms with Crippen LogP contribution in [0.1, 0.15) is 22.4 Å². The molecule has 1 N–H and O–H groups in total. The average Bonchev–Trinajstić information content (AvgIpc) is 2.54. The zero-order valence-electron chi connectivity index (χ0n) is 12.0. The molecule has 1 heterocycles. The molecule has 1 aromatic heterocycles. The summed E-state index contributed by atoms with van der Waals surface area (Å²) in [7, 11) is 0. The van der Waals surface area contributed by atoms with Gasteiger partial charge in [0, 0.05) is 0 Å². The number of nitrogens with zero attached hydrogens (tertiary/aromatic N) is 2. The standard InChI is InChI=1S/C18H13N3O/c1-12-16(11-19)18(22)21-20-17(12)9-7-13-6-8-14-4-2-3-5-15(14)10-13/h2-10H,1H3,(H,21,22). The van der Waals surface area contributed by atoms with Crippen molar-refractivity contribution in [1.29, 1.82) is 5.26 Å². The van der Waals surface area contributed by atoms with Crippen molar-refractivity contribution >= 4 is 22.9 Å². The summed E-state index contributed by atoms with van der Waals surface area (Å²) in [4.78, 5) is 11.5. The molecule has 0 atom stereocenters. The van der Waals surface area contributed by atoms with Gasteiger partial charge in [0.2, 0.25) is 0 Å². The molecule has 0 bridgehead atoms. The van der Waals surface area contributed by atoms with E-state index in [1.165, 1.54) is 5.39 Å². The Morgan fingerprint density at radius 2 is 1.91 bits per heavy atom. The quantitative estimate of drug-likeness (QED) is 0.786. The zero-order chi connectivity index (χ0) is 15.5. The second kappa shape index (κ2) is 5.66. The molecule has 0 saturated carbocycles. The SMILES string of the molecule is Cc1c(C=Cc2ccc3ccccc3c2)n[nH]c(=O)c1C#N. The van der Waals surface area contributed by atoms with Crippen molar-refractivity contribution in [2.75, 3.05) is 0 Å². The fraction of sp³-hybridized carbons (Fsp3) is 0.0556. The number of nitrogens with one attached hydrogen (secondary N) is 1. The number of aromatic nitrogens is 2. The molecule has 0 amide bonds. The van der Waals surface area contributed by atoms with Crippen molar-refractivity contribution in [3.8, 4) is 6.07 Å². The number of nitriles is 1. The number of rotatable bonds is 2. The fourth-order valence-corrected chi connectivity index (χ4v) is 2.33. The predicted octanol–water partition coefficient (Wildman–Crippen LogP) is 3.27. The van der Waals surface area contributed by atoms with Crippen molar-refractivity contribution in [1.82, 2.24) is 10.2 Å². The third-order valence-electron chi connectivity index (χ3n) is 3.58. The molecule has 0 aliphatic carbocycles. The maximum Gasteiger partial charge on any atom is 0.282 e. The Morgan fingerprint density at radius 1 is 1.14 bits per heavy atom. The van der Waals surface area contributed by atoms with Crippen molar-refractivity contribution in [3.05, 3.63) is 75.2 Å². The number of aromatic amines is 1. The molecule has 3 aromatic rings. The maximum absolute atomic E-state index is 11.5. The van der Waals surface area contributed by atoms with Crippen LogP contribution in [0.4, 0.5) is 0 Å². The molecule has 0 spiro atoms. The number of benzene rings is 2. The van der Waals surface area contributed by atoms with Gasteiger partial charge in [-0.1, -0.05) is 42.5 Å². The molecule has 106 valence electrons. The Balaban J connectivity index is 2.00. The molecule has 3 rings (SSSR count). The van der Waals surface area contributed by atoms with Crippen LogP contribution in [0, 0.1) is 18.3 Å². The summed E-state index contributed by atoms with van der Waals surface area (Å²) in [6.07, 6.45) is 3.72. The first-order valence-corrected chi connectivity index (χ1v) is 6.85. The molecule has 0 aliphatic heterocycles. The van der Waals surface area contributed by atoms with Gasteiger partial charge in [-0.15, -0.1) is 0 Å². The van der Waals surface area contributed by atoms with E-state index in [-0.39, 0.29) is 5.56 Å². The molecule has 4 heteroatoms. The second-order valence-corrected chi connectivity index (χ2v) is 4.99. The first-order chi connectivity index (χ1) is 10.7. The third kappa shape index (κ3) is 2.52. The van der Waals surface area contributed by atoms with Crippen molar-refractivity contribution < 1.29 is 0 Å². The second-order valence-electron chi connectivity index (χ2n) is 4.99. The lowest BCUT2D eigenvalue weighted by Crippen LogP contribution is -2.15. The number of H-pyrrole nitrogens is 1. The molecule has 0 fully saturated rings. The highest BCUT2D eigenvalue weighted by atomic mass is 16.1. The van der Waals surface area contributed by atoms with Gasteiger partial charge in [-0.25, -0.2) is 5.10 Å². The van der Waals surface area contributed by atoms with E-state index in [2.05, 4.69) is 34.5 Å². The van der Waals surface area contributed by atoms with Gasteiger partial charge >= 0.3 is 0 Å². The number of hydrogen-bond donors (Lipinski definition) is 1. The van der Waals surface area contributed by atoms with Crippen molar-refractivity contribution in [3.63, 3.8) is 0 Å². The van der Waals surface area contributed by atoms with Crippen LogP contribution in [-0.4, -0.2) is 10.2 Å². The molecule has 0 saturated heterocycles. The molecule has 0 radical (unpaired) electrons. The topological polar surface area (TPSA) is 69.5 Å². The molecule has 0 unspecified atom stereocenters. The smallest absolute Gasteiger partial charge is 0.267 e. The highest BCUT2D eigenvalue weighted by Crippen LogP contribution is 2.17. The van der Waals surface area contributed by atoms with Crippen molar-refractivity contribution in [2.45, 2.75) is 6.92 Å². The Kier molecular flexibility index (Phi) is 3.55. The van der Waals surface area contributed by atoms with Crippen molar-refractivity contribution in [2.24, 2.45) is 0 Å². The number of hydrogen-bond acceptors (Lipinski definition) is 3. The first kappa shape index (κ1) is 13.8. The molecule has 0 aliphatic rings. The van der Waals surface area contributed by atoms with E-state index in [4.69, 9.17) is 5.26 Å². The van der Waals surface area contributed by atoms with Crippen LogP contribution in [0.2, 0.25) is 0 Å². The van der Waals surface area contributed by atoms with Gasteiger partial charge in [-0.2, -0.15) is 10.4 Å². The van der Waals surface area contributed by atoms with Crippen LogP contribution < -0.4 is 5.56 Å². The minimum atomic E-state index is -0.456. The lowest BCUT2D eigenvalue weighted by Gasteiger charge is -2.01. The Labute approximate surface area is 127 Å². The first-order valence-electron chi connectivity index (χ1n) is 6.85. The van der Waals surface area contributed by atoms with E-state index >= 15 is 0 Å². The Morgan fingerprint density at radius 3 is 2.68 bits per heavy atom. The minimum absolute atomic E-state index is 0.105. The highest BCUT2D eigenvalue weighted by molar-refractivity contribution is 5.85. The molecular formula is C18H13N3O. The van der Waals surface area contributed by atoms with Gasteiger partial charge in [-0.3, -0.25) is 4.79 Å². The summed E-state index contributed by atoms with van der Waals surface area (Å²) < 4.78 is 0. The summed E-state index contributed by atoms with van der Waals surface area (Å²) in [5, 5.41) is 17.7. The van der Waals surface area contributed by atoms with Gasteiger partial charge in [0.05, 0.1) is 5.69 Å². The van der Waals surface area contributed by atoms with Gasteiger partial charge in [0.1, 0.15) is 11.6 Å². The molecule has 4 nitrogen and oxygen atoms in total. The van der Waals surface area contributed by atoms with E-state index in [1.807, 2.05) is 30.3 Å². The maximum atomic E-state index is 11.5.